The molecule has 0 amide bonds. The first-order valence-corrected chi connectivity index (χ1v) is 12.1. The molecule has 1 aliphatic carbocycles. The third kappa shape index (κ3) is 6.51. The lowest BCUT2D eigenvalue weighted by atomic mass is 9.57. The average molecular weight is 435 g/mol. The third-order valence-electron chi connectivity index (χ3n) is 7.82. The van der Waals surface area contributed by atoms with Gasteiger partial charge in [0.15, 0.2) is 5.82 Å². The van der Waals surface area contributed by atoms with Crippen LogP contribution in [0.1, 0.15) is 96.2 Å². The molecule has 1 N–H and O–H groups in total. The number of hydrogen-bond donors (Lipinski definition) is 1. The van der Waals surface area contributed by atoms with E-state index in [1.165, 1.54) is 32.1 Å². The lowest BCUT2D eigenvalue weighted by Gasteiger charge is -2.48. The molecule has 0 aromatic carbocycles. The van der Waals surface area contributed by atoms with Crippen molar-refractivity contribution in [3.05, 3.63) is 11.7 Å². The first-order chi connectivity index (χ1) is 14.7. The van der Waals surface area contributed by atoms with Crippen molar-refractivity contribution in [2.75, 3.05) is 33.2 Å². The molecule has 3 rings (SSSR count). The Bertz CT molecular complexity index is 698. The molecule has 1 aromatic rings. The summed E-state index contributed by atoms with van der Waals surface area (Å²) in [6.45, 7) is 11.9. The van der Waals surface area contributed by atoms with E-state index in [0.717, 1.165) is 45.4 Å². The molecular formula is C24H42N4O3. The fourth-order valence-electron chi connectivity index (χ4n) is 5.52. The van der Waals surface area contributed by atoms with E-state index in [1.54, 1.807) is 0 Å². The van der Waals surface area contributed by atoms with Crippen LogP contribution >= 0.6 is 0 Å². The van der Waals surface area contributed by atoms with Gasteiger partial charge in [0.25, 0.3) is 0 Å². The Morgan fingerprint density at radius 2 is 1.84 bits per heavy atom. The molecule has 1 saturated carbocycles. The number of aromatic nitrogens is 2. The normalized spacial score (nSPS) is 21.8. The predicted molar refractivity (Wildman–Crippen MR) is 121 cm³/mol. The highest BCUT2D eigenvalue weighted by Gasteiger charge is 2.42. The molecule has 1 saturated heterocycles. The Morgan fingerprint density at radius 3 is 2.45 bits per heavy atom. The zero-order valence-electron chi connectivity index (χ0n) is 20.0. The van der Waals surface area contributed by atoms with Crippen molar-refractivity contribution in [2.24, 2.45) is 10.8 Å². The Balaban J connectivity index is 1.60. The van der Waals surface area contributed by atoms with Crippen molar-refractivity contribution < 1.29 is 14.4 Å². The molecule has 176 valence electrons. The molecule has 1 aromatic heterocycles. The molecule has 0 unspecified atom stereocenters. The second-order valence-corrected chi connectivity index (χ2v) is 10.9. The number of nitrogens with zero attached hydrogens (tertiary/aromatic N) is 4. The van der Waals surface area contributed by atoms with Crippen molar-refractivity contribution in [3.63, 3.8) is 0 Å². The highest BCUT2D eigenvalue weighted by Crippen LogP contribution is 2.53. The Labute approximate surface area is 187 Å². The number of hydrogen-bond acceptors (Lipinski definition) is 6. The molecule has 0 spiro atoms. The van der Waals surface area contributed by atoms with Gasteiger partial charge in [-0.2, -0.15) is 4.98 Å². The molecule has 1 atom stereocenters. The molecular weight excluding hydrogens is 392 g/mol. The summed E-state index contributed by atoms with van der Waals surface area (Å²) in [5.74, 6) is 0.173. The lowest BCUT2D eigenvalue weighted by molar-refractivity contribution is -0.137. The number of rotatable bonds is 9. The number of piperazine rings is 1. The van der Waals surface area contributed by atoms with Crippen molar-refractivity contribution >= 4 is 5.97 Å². The SMILES string of the molecule is CN1CCN(Cc2noc([C@H](CCCC3(C(C)(C)C)CCCCC3)CC(=O)O)n2)CC1. The summed E-state index contributed by atoms with van der Waals surface area (Å²) in [6.07, 6.45) is 9.55. The average Bonchev–Trinajstić information content (AvgIpc) is 3.17. The molecule has 7 heteroatoms. The maximum atomic E-state index is 11.5. The summed E-state index contributed by atoms with van der Waals surface area (Å²) >= 11 is 0. The number of likely N-dealkylation sites (N-methyl/N-ethyl adjacent to an activating group) is 1. The fourth-order valence-corrected chi connectivity index (χ4v) is 5.52. The highest BCUT2D eigenvalue weighted by atomic mass is 16.5. The Hall–Kier alpha value is -1.47. The minimum Gasteiger partial charge on any atom is -0.481 e. The quantitative estimate of drug-likeness (QED) is 0.611. The van der Waals surface area contributed by atoms with Gasteiger partial charge in [0.05, 0.1) is 13.0 Å². The van der Waals surface area contributed by atoms with Gasteiger partial charge < -0.3 is 14.5 Å². The second kappa shape index (κ2) is 10.4. The van der Waals surface area contributed by atoms with Gasteiger partial charge in [-0.1, -0.05) is 51.6 Å². The molecule has 2 aliphatic rings. The second-order valence-electron chi connectivity index (χ2n) is 10.9. The van der Waals surface area contributed by atoms with Crippen LogP contribution in [0.15, 0.2) is 4.52 Å². The van der Waals surface area contributed by atoms with Gasteiger partial charge in [-0.05, 0) is 43.6 Å². The van der Waals surface area contributed by atoms with Gasteiger partial charge in [-0.25, -0.2) is 0 Å². The smallest absolute Gasteiger partial charge is 0.304 e. The van der Waals surface area contributed by atoms with E-state index in [4.69, 9.17) is 4.52 Å². The van der Waals surface area contributed by atoms with E-state index >= 15 is 0 Å². The Morgan fingerprint density at radius 1 is 1.16 bits per heavy atom. The van der Waals surface area contributed by atoms with E-state index in [-0.39, 0.29) is 17.8 Å². The van der Waals surface area contributed by atoms with E-state index < -0.39 is 5.97 Å². The van der Waals surface area contributed by atoms with Crippen LogP contribution in [0.2, 0.25) is 0 Å². The topological polar surface area (TPSA) is 82.7 Å². The zero-order chi connectivity index (χ0) is 22.5. The van der Waals surface area contributed by atoms with Gasteiger partial charge in [0, 0.05) is 32.1 Å². The van der Waals surface area contributed by atoms with Crippen molar-refractivity contribution in [1.29, 1.82) is 0 Å². The predicted octanol–water partition coefficient (Wildman–Crippen LogP) is 4.54. The van der Waals surface area contributed by atoms with Crippen LogP contribution in [0, 0.1) is 10.8 Å². The minimum atomic E-state index is -0.799. The fraction of sp³-hybridized carbons (Fsp3) is 0.875. The number of carbonyl (C=O) groups is 1. The summed E-state index contributed by atoms with van der Waals surface area (Å²) in [7, 11) is 2.14. The van der Waals surface area contributed by atoms with Crippen LogP contribution in [0.25, 0.3) is 0 Å². The van der Waals surface area contributed by atoms with Crippen LogP contribution in [0.3, 0.4) is 0 Å². The van der Waals surface area contributed by atoms with Crippen LogP contribution in [-0.2, 0) is 11.3 Å². The van der Waals surface area contributed by atoms with Crippen LogP contribution in [0.5, 0.6) is 0 Å². The van der Waals surface area contributed by atoms with Gasteiger partial charge in [0.1, 0.15) is 0 Å². The number of aliphatic carboxylic acids is 1. The van der Waals surface area contributed by atoms with E-state index in [0.29, 0.717) is 23.7 Å². The zero-order valence-corrected chi connectivity index (χ0v) is 20.0. The van der Waals surface area contributed by atoms with Gasteiger partial charge in [-0.15, -0.1) is 0 Å². The largest absolute Gasteiger partial charge is 0.481 e. The van der Waals surface area contributed by atoms with E-state index in [2.05, 4.69) is 47.8 Å². The van der Waals surface area contributed by atoms with Crippen LogP contribution in [-0.4, -0.2) is 64.2 Å². The van der Waals surface area contributed by atoms with Gasteiger partial charge >= 0.3 is 5.97 Å². The summed E-state index contributed by atoms with van der Waals surface area (Å²) in [4.78, 5) is 20.8. The molecule has 0 bridgehead atoms. The molecule has 31 heavy (non-hydrogen) atoms. The number of carboxylic acid groups (broad SMARTS) is 1. The monoisotopic (exact) mass is 434 g/mol. The molecule has 0 radical (unpaired) electrons. The standard InChI is InChI=1S/C24H42N4O3/c1-23(2,3)24(10-6-5-7-11-24)12-8-9-19(17-21(29)30)22-25-20(26-31-22)18-28-15-13-27(4)14-16-28/h19H,5-18H2,1-4H3,(H,29,30)/t19-/m1/s1. The summed E-state index contributed by atoms with van der Waals surface area (Å²) < 4.78 is 5.56. The van der Waals surface area contributed by atoms with Crippen LogP contribution in [0.4, 0.5) is 0 Å². The minimum absolute atomic E-state index is 0.0542. The van der Waals surface area contributed by atoms with E-state index in [9.17, 15) is 9.90 Å². The molecule has 2 heterocycles. The first-order valence-electron chi connectivity index (χ1n) is 12.1. The highest BCUT2D eigenvalue weighted by molar-refractivity contribution is 5.67. The summed E-state index contributed by atoms with van der Waals surface area (Å²) in [5, 5.41) is 13.6. The number of carboxylic acids is 1. The van der Waals surface area contributed by atoms with Gasteiger partial charge in [0.2, 0.25) is 5.89 Å². The maximum Gasteiger partial charge on any atom is 0.304 e. The molecule has 7 nitrogen and oxygen atoms in total. The van der Waals surface area contributed by atoms with Crippen molar-refractivity contribution in [3.8, 4) is 0 Å². The summed E-state index contributed by atoms with van der Waals surface area (Å²) in [6, 6.07) is 0. The summed E-state index contributed by atoms with van der Waals surface area (Å²) in [5.41, 5.74) is 0.635. The van der Waals surface area contributed by atoms with Gasteiger partial charge in [-0.3, -0.25) is 9.69 Å². The van der Waals surface area contributed by atoms with Crippen LogP contribution < -0.4 is 0 Å². The molecule has 2 fully saturated rings. The van der Waals surface area contributed by atoms with Crippen molar-refractivity contribution in [2.45, 2.75) is 91.0 Å². The lowest BCUT2D eigenvalue weighted by Crippen LogP contribution is -2.44. The molecule has 1 aliphatic heterocycles. The van der Waals surface area contributed by atoms with Crippen molar-refractivity contribution in [1.82, 2.24) is 19.9 Å². The third-order valence-corrected chi connectivity index (χ3v) is 7.82. The maximum absolute atomic E-state index is 11.5. The first kappa shape index (κ1) is 24.2. The van der Waals surface area contributed by atoms with E-state index in [1.807, 2.05) is 0 Å². The Kier molecular flexibility index (Phi) is 8.14.